The second-order valence-electron chi connectivity index (χ2n) is 5.70. The fraction of sp³-hybridized carbons (Fsp3) is 0.562. The molecule has 3 rings (SSSR count). The fourth-order valence-corrected chi connectivity index (χ4v) is 2.43. The Bertz CT molecular complexity index is 448. The van der Waals surface area contributed by atoms with Crippen LogP contribution in [0.15, 0.2) is 24.3 Å². The van der Waals surface area contributed by atoms with Gasteiger partial charge in [-0.3, -0.25) is 4.79 Å². The van der Waals surface area contributed by atoms with Crippen molar-refractivity contribution in [3.63, 3.8) is 0 Å². The van der Waals surface area contributed by atoms with Crippen LogP contribution in [0.25, 0.3) is 0 Å². The molecule has 2 aliphatic rings. The lowest BCUT2D eigenvalue weighted by Gasteiger charge is -2.21. The van der Waals surface area contributed by atoms with Crippen LogP contribution >= 0.6 is 0 Å². The average Bonchev–Trinajstić information content (AvgIpc) is 3.32. The van der Waals surface area contributed by atoms with Crippen molar-refractivity contribution < 1.29 is 9.53 Å². The Morgan fingerprint density at radius 1 is 1.15 bits per heavy atom. The highest BCUT2D eigenvalue weighted by atomic mass is 16.5. The zero-order valence-corrected chi connectivity index (χ0v) is 11.7. The maximum absolute atomic E-state index is 12.0. The summed E-state index contributed by atoms with van der Waals surface area (Å²) in [6.45, 7) is 1.61. The standard InChI is InChI=1S/C16H22N2O2/c19-16(15-3-1-2-10-20-15)18-14-6-4-12(5-7-14)11-17-13-8-9-13/h4-7,13,15,17H,1-3,8-11H2,(H,18,19). The second kappa shape index (κ2) is 6.37. The molecule has 2 fully saturated rings. The van der Waals surface area contributed by atoms with Gasteiger partial charge in [0.25, 0.3) is 5.91 Å². The maximum Gasteiger partial charge on any atom is 0.253 e. The number of anilines is 1. The zero-order chi connectivity index (χ0) is 13.8. The number of benzene rings is 1. The number of rotatable bonds is 5. The number of ether oxygens (including phenoxy) is 1. The molecule has 2 N–H and O–H groups in total. The van der Waals surface area contributed by atoms with Crippen molar-refractivity contribution in [2.75, 3.05) is 11.9 Å². The number of hydrogen-bond donors (Lipinski definition) is 2. The lowest BCUT2D eigenvalue weighted by molar-refractivity contribution is -0.129. The van der Waals surface area contributed by atoms with E-state index in [0.717, 1.165) is 37.5 Å². The van der Waals surface area contributed by atoms with Gasteiger partial charge in [-0.05, 0) is 49.8 Å². The smallest absolute Gasteiger partial charge is 0.253 e. The minimum Gasteiger partial charge on any atom is -0.368 e. The maximum atomic E-state index is 12.0. The Kier molecular flexibility index (Phi) is 4.33. The first-order valence-electron chi connectivity index (χ1n) is 7.56. The van der Waals surface area contributed by atoms with E-state index in [0.29, 0.717) is 6.61 Å². The highest BCUT2D eigenvalue weighted by Crippen LogP contribution is 2.20. The normalized spacial score (nSPS) is 22.5. The topological polar surface area (TPSA) is 50.4 Å². The predicted molar refractivity (Wildman–Crippen MR) is 78.5 cm³/mol. The third-order valence-electron chi connectivity index (χ3n) is 3.87. The van der Waals surface area contributed by atoms with E-state index >= 15 is 0 Å². The third-order valence-corrected chi connectivity index (χ3v) is 3.87. The molecular formula is C16H22N2O2. The minimum absolute atomic E-state index is 0.0199. The SMILES string of the molecule is O=C(Nc1ccc(CNC2CC2)cc1)C1CCCCO1. The van der Waals surface area contributed by atoms with Crippen molar-refractivity contribution in [2.24, 2.45) is 0 Å². The van der Waals surface area contributed by atoms with Crippen LogP contribution < -0.4 is 10.6 Å². The summed E-state index contributed by atoms with van der Waals surface area (Å²) in [4.78, 5) is 12.0. The first kappa shape index (κ1) is 13.6. The molecule has 1 aliphatic heterocycles. The van der Waals surface area contributed by atoms with E-state index in [1.165, 1.54) is 18.4 Å². The van der Waals surface area contributed by atoms with Crippen LogP contribution in [0.5, 0.6) is 0 Å². The molecule has 1 atom stereocenters. The lowest BCUT2D eigenvalue weighted by atomic mass is 10.1. The van der Waals surface area contributed by atoms with E-state index < -0.39 is 0 Å². The number of carbonyl (C=O) groups is 1. The van der Waals surface area contributed by atoms with Gasteiger partial charge < -0.3 is 15.4 Å². The van der Waals surface area contributed by atoms with Crippen LogP contribution in [0, 0.1) is 0 Å². The summed E-state index contributed by atoms with van der Waals surface area (Å²) in [5.41, 5.74) is 2.10. The molecule has 0 aromatic heterocycles. The molecule has 20 heavy (non-hydrogen) atoms. The van der Waals surface area contributed by atoms with Gasteiger partial charge in [0, 0.05) is 24.9 Å². The quantitative estimate of drug-likeness (QED) is 0.867. The van der Waals surface area contributed by atoms with Gasteiger partial charge in [0.05, 0.1) is 0 Å². The number of hydrogen-bond acceptors (Lipinski definition) is 3. The molecular weight excluding hydrogens is 252 g/mol. The monoisotopic (exact) mass is 274 g/mol. The Morgan fingerprint density at radius 2 is 1.95 bits per heavy atom. The molecule has 1 saturated carbocycles. The van der Waals surface area contributed by atoms with Gasteiger partial charge >= 0.3 is 0 Å². The van der Waals surface area contributed by atoms with E-state index in [4.69, 9.17) is 4.74 Å². The van der Waals surface area contributed by atoms with Crippen LogP contribution in [-0.4, -0.2) is 24.7 Å². The molecule has 1 saturated heterocycles. The summed E-state index contributed by atoms with van der Waals surface area (Å²) in [6, 6.07) is 8.77. The van der Waals surface area contributed by atoms with Gasteiger partial charge in [0.1, 0.15) is 6.10 Å². The van der Waals surface area contributed by atoms with Crippen molar-refractivity contribution in [1.82, 2.24) is 5.32 Å². The lowest BCUT2D eigenvalue weighted by Crippen LogP contribution is -2.33. The summed E-state index contributed by atoms with van der Waals surface area (Å²) < 4.78 is 5.49. The number of nitrogens with one attached hydrogen (secondary N) is 2. The molecule has 1 unspecified atom stereocenters. The molecule has 0 radical (unpaired) electrons. The molecule has 1 heterocycles. The Hall–Kier alpha value is -1.39. The minimum atomic E-state index is -0.278. The predicted octanol–water partition coefficient (Wildman–Crippen LogP) is 2.45. The van der Waals surface area contributed by atoms with E-state index in [9.17, 15) is 4.79 Å². The summed E-state index contributed by atoms with van der Waals surface area (Å²) in [7, 11) is 0. The highest BCUT2D eigenvalue weighted by molar-refractivity contribution is 5.94. The number of amides is 1. The highest BCUT2D eigenvalue weighted by Gasteiger charge is 2.22. The summed E-state index contributed by atoms with van der Waals surface area (Å²) in [5, 5.41) is 6.41. The van der Waals surface area contributed by atoms with Crippen LogP contribution in [-0.2, 0) is 16.1 Å². The van der Waals surface area contributed by atoms with Crippen molar-refractivity contribution >= 4 is 11.6 Å². The van der Waals surface area contributed by atoms with Crippen LogP contribution in [0.4, 0.5) is 5.69 Å². The first-order valence-corrected chi connectivity index (χ1v) is 7.56. The molecule has 4 heteroatoms. The van der Waals surface area contributed by atoms with Gasteiger partial charge in [0.2, 0.25) is 0 Å². The third kappa shape index (κ3) is 3.81. The Morgan fingerprint density at radius 3 is 2.60 bits per heavy atom. The van der Waals surface area contributed by atoms with Gasteiger partial charge in [-0.25, -0.2) is 0 Å². The van der Waals surface area contributed by atoms with Crippen molar-refractivity contribution in [3.8, 4) is 0 Å². The van der Waals surface area contributed by atoms with Gasteiger partial charge in [-0.1, -0.05) is 12.1 Å². The van der Waals surface area contributed by atoms with Crippen LogP contribution in [0.3, 0.4) is 0 Å². The summed E-state index contributed by atoms with van der Waals surface area (Å²) in [6.07, 6.45) is 5.29. The Labute approximate surface area is 119 Å². The molecule has 0 bridgehead atoms. The average molecular weight is 274 g/mol. The van der Waals surface area contributed by atoms with Crippen molar-refractivity contribution in [2.45, 2.75) is 50.8 Å². The summed E-state index contributed by atoms with van der Waals surface area (Å²) >= 11 is 0. The molecule has 4 nitrogen and oxygen atoms in total. The molecule has 0 spiro atoms. The molecule has 108 valence electrons. The molecule has 1 aliphatic carbocycles. The molecule has 1 amide bonds. The van der Waals surface area contributed by atoms with Crippen molar-refractivity contribution in [3.05, 3.63) is 29.8 Å². The van der Waals surface area contributed by atoms with E-state index in [1.54, 1.807) is 0 Å². The summed E-state index contributed by atoms with van der Waals surface area (Å²) in [5.74, 6) is -0.0199. The number of carbonyl (C=O) groups excluding carboxylic acids is 1. The largest absolute Gasteiger partial charge is 0.368 e. The van der Waals surface area contributed by atoms with Gasteiger partial charge in [-0.15, -0.1) is 0 Å². The van der Waals surface area contributed by atoms with Gasteiger partial charge in [0.15, 0.2) is 0 Å². The van der Waals surface area contributed by atoms with E-state index in [-0.39, 0.29) is 12.0 Å². The second-order valence-corrected chi connectivity index (χ2v) is 5.70. The van der Waals surface area contributed by atoms with Crippen LogP contribution in [0.2, 0.25) is 0 Å². The Balaban J connectivity index is 1.49. The molecule has 1 aromatic carbocycles. The zero-order valence-electron chi connectivity index (χ0n) is 11.7. The van der Waals surface area contributed by atoms with Gasteiger partial charge in [-0.2, -0.15) is 0 Å². The van der Waals surface area contributed by atoms with Crippen molar-refractivity contribution in [1.29, 1.82) is 0 Å². The van der Waals surface area contributed by atoms with E-state index in [1.807, 2.05) is 12.1 Å². The fourth-order valence-electron chi connectivity index (χ4n) is 2.43. The first-order chi connectivity index (χ1) is 9.81. The van der Waals surface area contributed by atoms with Crippen LogP contribution in [0.1, 0.15) is 37.7 Å². The van der Waals surface area contributed by atoms with E-state index in [2.05, 4.69) is 22.8 Å². The molecule has 1 aromatic rings.